The first-order valence-corrected chi connectivity index (χ1v) is 6.16. The SMILES string of the molecule is COC(=O)COc1ccc(CNC(C)C)cc1OC. The molecule has 0 amide bonds. The summed E-state index contributed by atoms with van der Waals surface area (Å²) >= 11 is 0. The van der Waals surface area contributed by atoms with Crippen LogP contribution in [0.2, 0.25) is 0 Å². The Hall–Kier alpha value is -1.75. The minimum Gasteiger partial charge on any atom is -0.493 e. The van der Waals surface area contributed by atoms with Gasteiger partial charge in [0.05, 0.1) is 14.2 Å². The van der Waals surface area contributed by atoms with Crippen molar-refractivity contribution in [3.05, 3.63) is 23.8 Å². The number of esters is 1. The largest absolute Gasteiger partial charge is 0.493 e. The molecule has 0 aromatic heterocycles. The number of ether oxygens (including phenoxy) is 3. The summed E-state index contributed by atoms with van der Waals surface area (Å²) < 4.78 is 15.1. The quantitative estimate of drug-likeness (QED) is 0.763. The average Bonchev–Trinajstić information content (AvgIpc) is 2.42. The Morgan fingerprint density at radius 1 is 1.26 bits per heavy atom. The Bertz CT molecular complexity index is 418. The molecule has 0 aliphatic rings. The van der Waals surface area contributed by atoms with E-state index < -0.39 is 5.97 Å². The molecule has 0 aliphatic carbocycles. The van der Waals surface area contributed by atoms with Gasteiger partial charge in [-0.2, -0.15) is 0 Å². The lowest BCUT2D eigenvalue weighted by Crippen LogP contribution is -2.21. The first-order chi connectivity index (χ1) is 9.06. The Balaban J connectivity index is 2.70. The highest BCUT2D eigenvalue weighted by Gasteiger charge is 2.08. The van der Waals surface area contributed by atoms with Crippen LogP contribution in [0.3, 0.4) is 0 Å². The van der Waals surface area contributed by atoms with Crippen molar-refractivity contribution in [2.45, 2.75) is 26.4 Å². The summed E-state index contributed by atoms with van der Waals surface area (Å²) in [6, 6.07) is 6.03. The van der Waals surface area contributed by atoms with Gasteiger partial charge in [-0.1, -0.05) is 19.9 Å². The van der Waals surface area contributed by atoms with Crippen LogP contribution in [0.5, 0.6) is 11.5 Å². The van der Waals surface area contributed by atoms with E-state index >= 15 is 0 Å². The molecule has 0 bridgehead atoms. The van der Waals surface area contributed by atoms with Gasteiger partial charge in [0.25, 0.3) is 0 Å². The van der Waals surface area contributed by atoms with Gasteiger partial charge < -0.3 is 19.5 Å². The number of hydrogen-bond donors (Lipinski definition) is 1. The van der Waals surface area contributed by atoms with Crippen molar-refractivity contribution in [1.82, 2.24) is 5.32 Å². The number of hydrogen-bond acceptors (Lipinski definition) is 5. The van der Waals surface area contributed by atoms with Gasteiger partial charge >= 0.3 is 5.97 Å². The molecule has 1 rings (SSSR count). The van der Waals surface area contributed by atoms with Crippen molar-refractivity contribution in [2.24, 2.45) is 0 Å². The van der Waals surface area contributed by atoms with Crippen LogP contribution in [-0.2, 0) is 16.1 Å². The normalized spacial score (nSPS) is 10.4. The number of carbonyl (C=O) groups excluding carboxylic acids is 1. The molecule has 5 nitrogen and oxygen atoms in total. The number of benzene rings is 1. The van der Waals surface area contributed by atoms with Crippen molar-refractivity contribution in [2.75, 3.05) is 20.8 Å². The maximum absolute atomic E-state index is 11.0. The minimum atomic E-state index is -0.424. The summed E-state index contributed by atoms with van der Waals surface area (Å²) in [5.74, 6) is 0.709. The fraction of sp³-hybridized carbons (Fsp3) is 0.500. The molecule has 0 radical (unpaired) electrons. The fourth-order valence-electron chi connectivity index (χ4n) is 1.46. The molecule has 0 unspecified atom stereocenters. The van der Waals surface area contributed by atoms with Crippen LogP contribution in [0.4, 0.5) is 0 Å². The number of methoxy groups -OCH3 is 2. The van der Waals surface area contributed by atoms with Crippen molar-refractivity contribution in [3.8, 4) is 11.5 Å². The third kappa shape index (κ3) is 5.18. The molecule has 0 spiro atoms. The lowest BCUT2D eigenvalue weighted by atomic mass is 10.2. The maximum atomic E-state index is 11.0. The predicted octanol–water partition coefficient (Wildman–Crippen LogP) is 1.74. The van der Waals surface area contributed by atoms with Crippen LogP contribution in [0.1, 0.15) is 19.4 Å². The molecular weight excluding hydrogens is 246 g/mol. The average molecular weight is 267 g/mol. The van der Waals surface area contributed by atoms with Crippen LogP contribution in [0, 0.1) is 0 Å². The molecule has 0 heterocycles. The molecule has 0 atom stereocenters. The topological polar surface area (TPSA) is 56.8 Å². The minimum absolute atomic E-state index is 0.129. The summed E-state index contributed by atoms with van der Waals surface area (Å²) in [6.07, 6.45) is 0. The van der Waals surface area contributed by atoms with Crippen molar-refractivity contribution in [3.63, 3.8) is 0 Å². The first-order valence-electron chi connectivity index (χ1n) is 6.16. The van der Waals surface area contributed by atoms with E-state index in [1.54, 1.807) is 13.2 Å². The lowest BCUT2D eigenvalue weighted by Gasteiger charge is -2.13. The zero-order valence-corrected chi connectivity index (χ0v) is 11.9. The van der Waals surface area contributed by atoms with Crippen molar-refractivity contribution < 1.29 is 19.0 Å². The highest BCUT2D eigenvalue weighted by Crippen LogP contribution is 2.28. The highest BCUT2D eigenvalue weighted by molar-refractivity contribution is 5.71. The van der Waals surface area contributed by atoms with Crippen molar-refractivity contribution >= 4 is 5.97 Å². The molecule has 0 aliphatic heterocycles. The summed E-state index contributed by atoms with van der Waals surface area (Å²) in [5, 5.41) is 3.32. The van der Waals surface area contributed by atoms with E-state index in [4.69, 9.17) is 9.47 Å². The number of nitrogens with one attached hydrogen (secondary N) is 1. The van der Waals surface area contributed by atoms with Crippen LogP contribution in [0.25, 0.3) is 0 Å². The standard InChI is InChI=1S/C14H21NO4/c1-10(2)15-8-11-5-6-12(13(7-11)17-3)19-9-14(16)18-4/h5-7,10,15H,8-9H2,1-4H3. The molecule has 0 fully saturated rings. The van der Waals surface area contributed by atoms with Gasteiger partial charge in [-0.25, -0.2) is 4.79 Å². The molecule has 1 N–H and O–H groups in total. The number of rotatable bonds is 7. The maximum Gasteiger partial charge on any atom is 0.343 e. The third-order valence-corrected chi connectivity index (χ3v) is 2.52. The van der Waals surface area contributed by atoms with Crippen LogP contribution >= 0.6 is 0 Å². The second-order valence-electron chi connectivity index (χ2n) is 4.39. The van der Waals surface area contributed by atoms with Crippen LogP contribution < -0.4 is 14.8 Å². The Labute approximate surface area is 113 Å². The fourth-order valence-corrected chi connectivity index (χ4v) is 1.46. The monoisotopic (exact) mass is 267 g/mol. The molecule has 0 saturated carbocycles. The third-order valence-electron chi connectivity index (χ3n) is 2.52. The molecule has 0 saturated heterocycles. The first kappa shape index (κ1) is 15.3. The van der Waals surface area contributed by atoms with Gasteiger partial charge in [0.2, 0.25) is 0 Å². The lowest BCUT2D eigenvalue weighted by molar-refractivity contribution is -0.142. The van der Waals surface area contributed by atoms with Gasteiger partial charge in [-0.15, -0.1) is 0 Å². The molecule has 1 aromatic rings. The smallest absolute Gasteiger partial charge is 0.343 e. The van der Waals surface area contributed by atoms with E-state index in [9.17, 15) is 4.79 Å². The number of carbonyl (C=O) groups is 1. The van der Waals surface area contributed by atoms with Gasteiger partial charge in [-0.05, 0) is 17.7 Å². The van der Waals surface area contributed by atoms with E-state index in [0.29, 0.717) is 17.5 Å². The highest BCUT2D eigenvalue weighted by atomic mass is 16.6. The van der Waals surface area contributed by atoms with Crippen LogP contribution in [-0.4, -0.2) is 32.8 Å². The second kappa shape index (κ2) is 7.63. The molecule has 5 heteroatoms. The van der Waals surface area contributed by atoms with Crippen molar-refractivity contribution in [1.29, 1.82) is 0 Å². The summed E-state index contributed by atoms with van der Waals surface area (Å²) in [5.41, 5.74) is 1.09. The van der Waals surface area contributed by atoms with Gasteiger partial charge in [0, 0.05) is 12.6 Å². The Morgan fingerprint density at radius 3 is 2.58 bits per heavy atom. The van der Waals surface area contributed by atoms with Gasteiger partial charge in [-0.3, -0.25) is 0 Å². The molecule has 19 heavy (non-hydrogen) atoms. The van der Waals surface area contributed by atoms with Gasteiger partial charge in [0.1, 0.15) is 0 Å². The second-order valence-corrected chi connectivity index (χ2v) is 4.39. The Kier molecular flexibility index (Phi) is 6.15. The van der Waals surface area contributed by atoms with E-state index in [2.05, 4.69) is 23.9 Å². The molecular formula is C14H21NO4. The summed E-state index contributed by atoms with van der Waals surface area (Å²) in [4.78, 5) is 11.0. The summed E-state index contributed by atoms with van der Waals surface area (Å²) in [7, 11) is 2.89. The summed E-state index contributed by atoms with van der Waals surface area (Å²) in [6.45, 7) is 4.80. The van der Waals surface area contributed by atoms with E-state index in [1.165, 1.54) is 7.11 Å². The van der Waals surface area contributed by atoms with E-state index in [-0.39, 0.29) is 6.61 Å². The van der Waals surface area contributed by atoms with Gasteiger partial charge in [0.15, 0.2) is 18.1 Å². The van der Waals surface area contributed by atoms with E-state index in [1.807, 2.05) is 12.1 Å². The Morgan fingerprint density at radius 2 is 2.00 bits per heavy atom. The predicted molar refractivity (Wildman–Crippen MR) is 72.5 cm³/mol. The molecule has 1 aromatic carbocycles. The molecule has 106 valence electrons. The van der Waals surface area contributed by atoms with Crippen LogP contribution in [0.15, 0.2) is 18.2 Å². The zero-order chi connectivity index (χ0) is 14.3. The zero-order valence-electron chi connectivity index (χ0n) is 11.9. The van der Waals surface area contributed by atoms with E-state index in [0.717, 1.165) is 12.1 Å².